The average Bonchev–Trinajstić information content (AvgIpc) is 3.13. The Balaban J connectivity index is 1.55. The third kappa shape index (κ3) is 4.78. The van der Waals surface area contributed by atoms with Crippen LogP contribution in [0, 0.1) is 20.8 Å². The zero-order chi connectivity index (χ0) is 20.1. The zero-order valence-electron chi connectivity index (χ0n) is 16.8. The Hall–Kier alpha value is -2.66. The maximum Gasteiger partial charge on any atom is 0.338 e. The predicted molar refractivity (Wildman–Crippen MR) is 111 cm³/mol. The van der Waals surface area contributed by atoms with Gasteiger partial charge in [-0.25, -0.2) is 4.79 Å². The van der Waals surface area contributed by atoms with Crippen LogP contribution in [0.3, 0.4) is 0 Å². The lowest BCUT2D eigenvalue weighted by molar-refractivity contribution is -0.120. The number of rotatable bonds is 6. The molecule has 1 aliphatic rings. The van der Waals surface area contributed by atoms with Crippen molar-refractivity contribution in [2.24, 2.45) is 0 Å². The van der Waals surface area contributed by atoms with Crippen molar-refractivity contribution in [3.63, 3.8) is 0 Å². The molecule has 1 fully saturated rings. The Labute approximate surface area is 166 Å². The Morgan fingerprint density at radius 3 is 2.46 bits per heavy atom. The van der Waals surface area contributed by atoms with Crippen LogP contribution in [-0.4, -0.2) is 42.5 Å². The van der Waals surface area contributed by atoms with Gasteiger partial charge in [0.15, 0.2) is 0 Å². The van der Waals surface area contributed by atoms with Crippen molar-refractivity contribution >= 4 is 17.6 Å². The highest BCUT2D eigenvalue weighted by atomic mass is 16.5. The third-order valence-electron chi connectivity index (χ3n) is 5.21. The standard InChI is InChI=1S/C23H28N2O3/c1-16-14-17(2)21(18(3)15-16)24-22(26)20-10-7-11-25(20)12-13-28-23(27)19-8-5-4-6-9-19/h4-6,8-9,14-15,20H,7,10-13H2,1-3H3,(H,24,26)/t20-/m0/s1. The summed E-state index contributed by atoms with van der Waals surface area (Å²) < 4.78 is 5.38. The summed E-state index contributed by atoms with van der Waals surface area (Å²) in [6, 6.07) is 12.9. The second-order valence-electron chi connectivity index (χ2n) is 7.46. The fourth-order valence-corrected chi connectivity index (χ4v) is 3.89. The third-order valence-corrected chi connectivity index (χ3v) is 5.21. The molecule has 0 aliphatic carbocycles. The topological polar surface area (TPSA) is 58.6 Å². The number of hydrogen-bond donors (Lipinski definition) is 1. The minimum atomic E-state index is -0.327. The lowest BCUT2D eigenvalue weighted by atomic mass is 10.0. The van der Waals surface area contributed by atoms with E-state index in [0.717, 1.165) is 36.2 Å². The molecule has 0 unspecified atom stereocenters. The maximum atomic E-state index is 12.9. The van der Waals surface area contributed by atoms with Gasteiger partial charge < -0.3 is 10.1 Å². The molecule has 1 saturated heterocycles. The number of carbonyl (C=O) groups is 2. The van der Waals surface area contributed by atoms with E-state index < -0.39 is 0 Å². The van der Waals surface area contributed by atoms with E-state index in [1.165, 1.54) is 5.56 Å². The van der Waals surface area contributed by atoms with E-state index in [1.807, 2.05) is 32.0 Å². The van der Waals surface area contributed by atoms with Crippen LogP contribution in [0.1, 0.15) is 39.9 Å². The van der Waals surface area contributed by atoms with E-state index in [4.69, 9.17) is 4.74 Å². The molecule has 148 valence electrons. The second-order valence-corrected chi connectivity index (χ2v) is 7.46. The van der Waals surface area contributed by atoms with Crippen LogP contribution in [0.25, 0.3) is 0 Å². The molecular weight excluding hydrogens is 352 g/mol. The Morgan fingerprint density at radius 2 is 1.79 bits per heavy atom. The molecule has 2 aromatic rings. The van der Waals surface area contributed by atoms with E-state index in [1.54, 1.807) is 12.1 Å². The van der Waals surface area contributed by atoms with Gasteiger partial charge in [0, 0.05) is 12.2 Å². The van der Waals surface area contributed by atoms with Crippen LogP contribution in [0.2, 0.25) is 0 Å². The van der Waals surface area contributed by atoms with Crippen LogP contribution in [0.15, 0.2) is 42.5 Å². The lowest BCUT2D eigenvalue weighted by Crippen LogP contribution is -2.41. The molecule has 1 N–H and O–H groups in total. The molecule has 1 aliphatic heterocycles. The fraction of sp³-hybridized carbons (Fsp3) is 0.391. The summed E-state index contributed by atoms with van der Waals surface area (Å²) in [6.45, 7) is 7.77. The Kier molecular flexibility index (Phi) is 6.47. The smallest absolute Gasteiger partial charge is 0.338 e. The first-order chi connectivity index (χ1) is 13.5. The van der Waals surface area contributed by atoms with Gasteiger partial charge in [0.1, 0.15) is 6.61 Å². The number of nitrogens with one attached hydrogen (secondary N) is 1. The van der Waals surface area contributed by atoms with Crippen LogP contribution < -0.4 is 5.32 Å². The molecular formula is C23H28N2O3. The van der Waals surface area contributed by atoms with E-state index >= 15 is 0 Å². The predicted octanol–water partition coefficient (Wildman–Crippen LogP) is 3.87. The molecule has 5 heteroatoms. The van der Waals surface area contributed by atoms with Crippen LogP contribution >= 0.6 is 0 Å². The normalized spacial score (nSPS) is 16.8. The van der Waals surface area contributed by atoms with Crippen molar-refractivity contribution in [1.82, 2.24) is 4.90 Å². The van der Waals surface area contributed by atoms with E-state index in [2.05, 4.69) is 29.3 Å². The summed E-state index contributed by atoms with van der Waals surface area (Å²) in [5, 5.41) is 3.11. The van der Waals surface area contributed by atoms with E-state index in [-0.39, 0.29) is 24.5 Å². The highest BCUT2D eigenvalue weighted by Crippen LogP contribution is 2.24. The maximum absolute atomic E-state index is 12.9. The average molecular weight is 380 g/mol. The SMILES string of the molecule is Cc1cc(C)c(NC(=O)[C@@H]2CCCN2CCOC(=O)c2ccccc2)c(C)c1. The minimum Gasteiger partial charge on any atom is -0.461 e. The van der Waals surface area contributed by atoms with Gasteiger partial charge in [-0.05, 0) is 63.4 Å². The van der Waals surface area contributed by atoms with Gasteiger partial charge in [-0.2, -0.15) is 0 Å². The van der Waals surface area contributed by atoms with Crippen LogP contribution in [0.4, 0.5) is 5.69 Å². The number of carbonyl (C=O) groups excluding carboxylic acids is 2. The van der Waals surface area contributed by atoms with Gasteiger partial charge in [-0.15, -0.1) is 0 Å². The molecule has 1 amide bonds. The summed E-state index contributed by atoms with van der Waals surface area (Å²) in [5.74, 6) is -0.311. The molecule has 0 radical (unpaired) electrons. The molecule has 28 heavy (non-hydrogen) atoms. The number of amides is 1. The number of ether oxygens (including phenoxy) is 1. The molecule has 0 aromatic heterocycles. The number of nitrogens with zero attached hydrogens (tertiary/aromatic N) is 1. The number of likely N-dealkylation sites (tertiary alicyclic amines) is 1. The Bertz CT molecular complexity index is 825. The number of anilines is 1. The number of benzene rings is 2. The molecule has 2 aromatic carbocycles. The first-order valence-corrected chi connectivity index (χ1v) is 9.80. The summed E-state index contributed by atoms with van der Waals surface area (Å²) in [6.07, 6.45) is 1.79. The molecule has 0 spiro atoms. The molecule has 0 bridgehead atoms. The van der Waals surface area contributed by atoms with Gasteiger partial charge in [0.2, 0.25) is 5.91 Å². The highest BCUT2D eigenvalue weighted by molar-refractivity contribution is 5.96. The van der Waals surface area contributed by atoms with Crippen molar-refractivity contribution in [3.8, 4) is 0 Å². The Morgan fingerprint density at radius 1 is 1.11 bits per heavy atom. The first kappa shape index (κ1) is 20.1. The summed E-state index contributed by atoms with van der Waals surface area (Å²) in [5.41, 5.74) is 4.79. The van der Waals surface area contributed by atoms with E-state index in [0.29, 0.717) is 12.1 Å². The molecule has 0 saturated carbocycles. The zero-order valence-corrected chi connectivity index (χ0v) is 16.8. The number of aryl methyl sites for hydroxylation is 3. The number of esters is 1. The quantitative estimate of drug-likeness (QED) is 0.773. The molecule has 5 nitrogen and oxygen atoms in total. The highest BCUT2D eigenvalue weighted by Gasteiger charge is 2.31. The lowest BCUT2D eigenvalue weighted by Gasteiger charge is -2.24. The molecule has 1 heterocycles. The van der Waals surface area contributed by atoms with E-state index in [9.17, 15) is 9.59 Å². The molecule has 1 atom stereocenters. The number of hydrogen-bond acceptors (Lipinski definition) is 4. The van der Waals surface area contributed by atoms with Crippen molar-refractivity contribution in [2.75, 3.05) is 25.0 Å². The van der Waals surface area contributed by atoms with Gasteiger partial charge in [0.05, 0.1) is 11.6 Å². The van der Waals surface area contributed by atoms with Crippen LogP contribution in [0.5, 0.6) is 0 Å². The van der Waals surface area contributed by atoms with Crippen LogP contribution in [-0.2, 0) is 9.53 Å². The van der Waals surface area contributed by atoms with Gasteiger partial charge in [-0.3, -0.25) is 9.69 Å². The van der Waals surface area contributed by atoms with Crippen molar-refractivity contribution in [3.05, 3.63) is 64.7 Å². The fourth-order valence-electron chi connectivity index (χ4n) is 3.89. The summed E-state index contributed by atoms with van der Waals surface area (Å²) >= 11 is 0. The monoisotopic (exact) mass is 380 g/mol. The van der Waals surface area contributed by atoms with Gasteiger partial charge >= 0.3 is 5.97 Å². The summed E-state index contributed by atoms with van der Waals surface area (Å²) in [7, 11) is 0. The molecule has 3 rings (SSSR count). The largest absolute Gasteiger partial charge is 0.461 e. The van der Waals surface area contributed by atoms with Gasteiger partial charge in [0.25, 0.3) is 0 Å². The van der Waals surface area contributed by atoms with Gasteiger partial charge in [-0.1, -0.05) is 35.9 Å². The van der Waals surface area contributed by atoms with Crippen molar-refractivity contribution < 1.29 is 14.3 Å². The minimum absolute atomic E-state index is 0.0157. The van der Waals surface area contributed by atoms with Crippen molar-refractivity contribution in [2.45, 2.75) is 39.7 Å². The first-order valence-electron chi connectivity index (χ1n) is 9.80. The van der Waals surface area contributed by atoms with Crippen molar-refractivity contribution in [1.29, 1.82) is 0 Å². The second kappa shape index (κ2) is 9.02. The summed E-state index contributed by atoms with van der Waals surface area (Å²) in [4.78, 5) is 27.0.